The van der Waals surface area contributed by atoms with Gasteiger partial charge in [0.15, 0.2) is 0 Å². The third-order valence-electron chi connectivity index (χ3n) is 11.8. The second-order valence-corrected chi connectivity index (χ2v) is 15.2. The molecule has 0 radical (unpaired) electrons. The van der Waals surface area contributed by atoms with E-state index in [0.29, 0.717) is 36.2 Å². The summed E-state index contributed by atoms with van der Waals surface area (Å²) in [5.74, 6) is 1.97. The molecular formula is C39H50N6O4. The van der Waals surface area contributed by atoms with E-state index >= 15 is 0 Å². The first kappa shape index (κ1) is 32.3. The molecule has 1 aromatic carbocycles. The van der Waals surface area contributed by atoms with Crippen LogP contribution in [0.4, 0.5) is 0 Å². The minimum Gasteiger partial charge on any atom is -0.494 e. The summed E-state index contributed by atoms with van der Waals surface area (Å²) in [6, 6.07) is 10.8. The largest absolute Gasteiger partial charge is 0.494 e. The average Bonchev–Trinajstić information content (AvgIpc) is 3.79. The Balaban J connectivity index is 1.13. The summed E-state index contributed by atoms with van der Waals surface area (Å²) < 4.78 is 10.2. The van der Waals surface area contributed by atoms with Crippen LogP contribution in [0.25, 0.3) is 27.8 Å². The molecule has 2 saturated carbocycles. The zero-order valence-electron chi connectivity index (χ0n) is 28.9. The number of methoxy groups -OCH3 is 1. The number of aliphatic hydroxyl groups excluding tert-OH is 1. The van der Waals surface area contributed by atoms with Crippen LogP contribution in [0.2, 0.25) is 0 Å². The molecule has 10 heteroatoms. The maximum absolute atomic E-state index is 13.6. The molecule has 3 aromatic heterocycles. The summed E-state index contributed by atoms with van der Waals surface area (Å²) >= 11 is 0. The first-order valence-corrected chi connectivity index (χ1v) is 18.5. The standard InChI is InChI=1S/C39H50N6O4/c1-24-35(41-45-22-29(20-34(49-2)36(24)45)39(48)43-16-4-6-30(40)23-43)33-19-28-5-3-7-32(37(28)44(33)21-25-8-9-25)26-14-17-42(18-15-26)38(47)27-10-12-31(46)13-11-27/h3,5,7,19-20,22,25-27,30-31,46H,4,6,8-18,21,23,40H2,1-2H3. The van der Waals surface area contributed by atoms with E-state index in [4.69, 9.17) is 15.6 Å². The fourth-order valence-electron chi connectivity index (χ4n) is 8.80. The third kappa shape index (κ3) is 6.11. The van der Waals surface area contributed by atoms with Gasteiger partial charge in [-0.05, 0) is 101 Å². The van der Waals surface area contributed by atoms with Gasteiger partial charge in [0.25, 0.3) is 5.91 Å². The lowest BCUT2D eigenvalue weighted by atomic mass is 9.84. The molecule has 2 aliphatic heterocycles. The molecule has 0 spiro atoms. The maximum atomic E-state index is 13.6. The van der Waals surface area contributed by atoms with E-state index < -0.39 is 0 Å². The van der Waals surface area contributed by atoms with Gasteiger partial charge >= 0.3 is 0 Å². The van der Waals surface area contributed by atoms with E-state index in [2.05, 4.69) is 40.7 Å². The number of aliphatic hydroxyl groups is 1. The lowest BCUT2D eigenvalue weighted by Gasteiger charge is -2.36. The van der Waals surface area contributed by atoms with Crippen LogP contribution in [-0.4, -0.2) is 86.3 Å². The number of para-hydroxylation sites is 1. The number of aromatic nitrogens is 3. The van der Waals surface area contributed by atoms with Gasteiger partial charge in [-0.3, -0.25) is 9.59 Å². The molecular weight excluding hydrogens is 616 g/mol. The molecule has 1 atom stereocenters. The number of nitrogens with two attached hydrogens (primary N) is 1. The van der Waals surface area contributed by atoms with Crippen LogP contribution in [0.15, 0.2) is 36.5 Å². The van der Waals surface area contributed by atoms with E-state index in [-0.39, 0.29) is 29.9 Å². The van der Waals surface area contributed by atoms with Gasteiger partial charge in [-0.25, -0.2) is 4.52 Å². The van der Waals surface area contributed by atoms with Crippen molar-refractivity contribution in [3.8, 4) is 17.1 Å². The number of hydrogen-bond donors (Lipinski definition) is 2. The normalized spacial score (nSPS) is 23.8. The highest BCUT2D eigenvalue weighted by atomic mass is 16.5. The molecule has 1 unspecified atom stereocenters. The van der Waals surface area contributed by atoms with Gasteiger partial charge < -0.3 is 29.9 Å². The number of amides is 2. The summed E-state index contributed by atoms with van der Waals surface area (Å²) in [7, 11) is 1.65. The number of benzene rings is 1. The predicted molar refractivity (Wildman–Crippen MR) is 190 cm³/mol. The van der Waals surface area contributed by atoms with Crippen molar-refractivity contribution < 1.29 is 19.4 Å². The second-order valence-electron chi connectivity index (χ2n) is 15.2. The van der Waals surface area contributed by atoms with Crippen LogP contribution in [0.5, 0.6) is 5.75 Å². The number of pyridine rings is 1. The molecule has 4 aliphatic rings. The minimum atomic E-state index is -0.246. The molecule has 49 heavy (non-hydrogen) atoms. The van der Waals surface area contributed by atoms with Crippen molar-refractivity contribution in [2.45, 2.75) is 95.7 Å². The molecule has 10 nitrogen and oxygen atoms in total. The lowest BCUT2D eigenvalue weighted by Crippen LogP contribution is -2.45. The molecule has 5 heterocycles. The van der Waals surface area contributed by atoms with Crippen LogP contribution in [0.1, 0.15) is 91.6 Å². The SMILES string of the molecule is COc1cc(C(=O)N2CCCC(N)C2)cn2nc(-c3cc4cccc(C5CCN(C(=O)C6CCC(O)CC6)CC5)c4n3CC3CC3)c(C)c12. The van der Waals surface area contributed by atoms with E-state index in [9.17, 15) is 14.7 Å². The number of fused-ring (bicyclic) bond motifs is 2. The first-order valence-electron chi connectivity index (χ1n) is 18.5. The highest BCUT2D eigenvalue weighted by Gasteiger charge is 2.33. The summed E-state index contributed by atoms with van der Waals surface area (Å²) in [4.78, 5) is 30.9. The number of carbonyl (C=O) groups is 2. The molecule has 2 saturated heterocycles. The molecule has 4 aromatic rings. The monoisotopic (exact) mass is 666 g/mol. The molecule has 2 aliphatic carbocycles. The van der Waals surface area contributed by atoms with Crippen molar-refractivity contribution >= 4 is 28.2 Å². The molecule has 2 amide bonds. The summed E-state index contributed by atoms with van der Waals surface area (Å²) in [5.41, 5.74) is 13.3. The Bertz CT molecular complexity index is 1880. The van der Waals surface area contributed by atoms with Crippen molar-refractivity contribution in [2.24, 2.45) is 17.6 Å². The van der Waals surface area contributed by atoms with E-state index in [0.717, 1.165) is 93.5 Å². The van der Waals surface area contributed by atoms with Gasteiger partial charge in [0.05, 0.1) is 30.0 Å². The van der Waals surface area contributed by atoms with Crippen LogP contribution < -0.4 is 10.5 Å². The fraction of sp³-hybridized carbons (Fsp3) is 0.564. The summed E-state index contributed by atoms with van der Waals surface area (Å²) in [6.07, 6.45) is 10.9. The van der Waals surface area contributed by atoms with Crippen molar-refractivity contribution in [3.63, 3.8) is 0 Å². The molecule has 260 valence electrons. The Morgan fingerprint density at radius 1 is 0.959 bits per heavy atom. The number of piperidine rings is 2. The van der Waals surface area contributed by atoms with Gasteiger partial charge in [-0.2, -0.15) is 5.10 Å². The number of hydrogen-bond acceptors (Lipinski definition) is 6. The number of ether oxygens (including phenoxy) is 1. The Kier molecular flexibility index (Phi) is 8.64. The third-order valence-corrected chi connectivity index (χ3v) is 11.8. The topological polar surface area (TPSA) is 118 Å². The molecule has 8 rings (SSSR count). The van der Waals surface area contributed by atoms with Gasteiger partial charge in [0.1, 0.15) is 17.0 Å². The van der Waals surface area contributed by atoms with Crippen molar-refractivity contribution in [2.75, 3.05) is 33.3 Å². The summed E-state index contributed by atoms with van der Waals surface area (Å²) in [5, 5.41) is 16.3. The Labute approximate surface area is 288 Å². The Hall–Kier alpha value is -3.89. The molecule has 4 fully saturated rings. The predicted octanol–water partition coefficient (Wildman–Crippen LogP) is 5.50. The van der Waals surface area contributed by atoms with Gasteiger partial charge in [0.2, 0.25) is 5.91 Å². The van der Waals surface area contributed by atoms with Crippen LogP contribution in [-0.2, 0) is 11.3 Å². The lowest BCUT2D eigenvalue weighted by molar-refractivity contribution is -0.138. The Morgan fingerprint density at radius 3 is 2.45 bits per heavy atom. The van der Waals surface area contributed by atoms with Gasteiger partial charge in [0, 0.05) is 61.8 Å². The second kappa shape index (κ2) is 13.1. The Morgan fingerprint density at radius 2 is 1.73 bits per heavy atom. The van der Waals surface area contributed by atoms with E-state index in [1.807, 2.05) is 21.7 Å². The number of carbonyl (C=O) groups excluding carboxylic acids is 2. The van der Waals surface area contributed by atoms with Gasteiger partial charge in [-0.15, -0.1) is 0 Å². The zero-order chi connectivity index (χ0) is 33.8. The quantitative estimate of drug-likeness (QED) is 0.269. The average molecular weight is 667 g/mol. The van der Waals surface area contributed by atoms with Crippen LogP contribution in [0, 0.1) is 18.8 Å². The smallest absolute Gasteiger partial charge is 0.255 e. The fourth-order valence-corrected chi connectivity index (χ4v) is 8.80. The maximum Gasteiger partial charge on any atom is 0.255 e. The number of nitrogens with zero attached hydrogens (tertiary/aromatic N) is 5. The first-order chi connectivity index (χ1) is 23.8. The zero-order valence-corrected chi connectivity index (χ0v) is 28.9. The summed E-state index contributed by atoms with van der Waals surface area (Å²) in [6.45, 7) is 5.89. The van der Waals surface area contributed by atoms with Crippen LogP contribution in [0.3, 0.4) is 0 Å². The van der Waals surface area contributed by atoms with Crippen LogP contribution >= 0.6 is 0 Å². The number of likely N-dealkylation sites (tertiary alicyclic amines) is 2. The highest BCUT2D eigenvalue weighted by Crippen LogP contribution is 2.42. The molecule has 3 N–H and O–H groups in total. The van der Waals surface area contributed by atoms with Crippen molar-refractivity contribution in [1.82, 2.24) is 24.0 Å². The van der Waals surface area contributed by atoms with Crippen molar-refractivity contribution in [1.29, 1.82) is 0 Å². The van der Waals surface area contributed by atoms with E-state index in [1.165, 1.54) is 29.3 Å². The number of aryl methyl sites for hydroxylation is 1. The van der Waals surface area contributed by atoms with Crippen molar-refractivity contribution in [3.05, 3.63) is 53.2 Å². The highest BCUT2D eigenvalue weighted by molar-refractivity contribution is 5.96. The van der Waals surface area contributed by atoms with Gasteiger partial charge in [-0.1, -0.05) is 18.2 Å². The molecule has 0 bridgehead atoms. The minimum absolute atomic E-state index is 0.00703. The number of rotatable bonds is 7. The van der Waals surface area contributed by atoms with E-state index in [1.54, 1.807) is 7.11 Å².